The highest BCUT2D eigenvalue weighted by molar-refractivity contribution is 5.88. The average Bonchev–Trinajstić information content (AvgIpc) is 2.81. The van der Waals surface area contributed by atoms with E-state index >= 15 is 0 Å². The van der Waals surface area contributed by atoms with Gasteiger partial charge in [-0.3, -0.25) is 0 Å². The number of carboxylic acids is 1. The van der Waals surface area contributed by atoms with Crippen LogP contribution in [0, 0.1) is 0 Å². The molecule has 0 spiro atoms. The Balaban J connectivity index is 1.40. The number of benzene rings is 3. The summed E-state index contributed by atoms with van der Waals surface area (Å²) in [5.41, 5.74) is 2.84. The molecule has 0 aliphatic carbocycles. The number of methoxy groups -OCH3 is 1. The zero-order valence-electron chi connectivity index (χ0n) is 16.9. The number of nitrogens with zero attached hydrogens (tertiary/aromatic N) is 1. The van der Waals surface area contributed by atoms with E-state index in [0.29, 0.717) is 23.9 Å². The molecule has 0 saturated carbocycles. The maximum atomic E-state index is 11.1. The molecule has 0 aliphatic rings. The van der Waals surface area contributed by atoms with Crippen molar-refractivity contribution in [3.05, 3.63) is 95.7 Å². The van der Waals surface area contributed by atoms with E-state index in [-0.39, 0.29) is 12.2 Å². The molecule has 4 rings (SSSR count). The molecule has 0 saturated heterocycles. The van der Waals surface area contributed by atoms with Crippen LogP contribution in [-0.2, 0) is 13.2 Å². The molecular formula is C25H21NO5. The third kappa shape index (κ3) is 4.93. The van der Waals surface area contributed by atoms with Gasteiger partial charge in [0, 0.05) is 5.39 Å². The summed E-state index contributed by atoms with van der Waals surface area (Å²) in [4.78, 5) is 15.7. The van der Waals surface area contributed by atoms with Gasteiger partial charge in [-0.15, -0.1) is 0 Å². The van der Waals surface area contributed by atoms with Crippen molar-refractivity contribution >= 4 is 16.9 Å². The predicted molar refractivity (Wildman–Crippen MR) is 117 cm³/mol. The number of hydrogen-bond acceptors (Lipinski definition) is 5. The molecule has 0 fully saturated rings. The molecule has 156 valence electrons. The summed E-state index contributed by atoms with van der Waals surface area (Å²) in [5.74, 6) is 0.536. The summed E-state index contributed by atoms with van der Waals surface area (Å²) < 4.78 is 17.0. The van der Waals surface area contributed by atoms with Crippen molar-refractivity contribution in [3.8, 4) is 17.2 Å². The van der Waals surface area contributed by atoms with Crippen LogP contribution in [0.4, 0.5) is 0 Å². The quantitative estimate of drug-likeness (QED) is 0.431. The van der Waals surface area contributed by atoms with Crippen molar-refractivity contribution in [1.82, 2.24) is 4.98 Å². The first-order valence-corrected chi connectivity index (χ1v) is 9.73. The third-order valence-electron chi connectivity index (χ3n) is 4.75. The molecule has 0 atom stereocenters. The Morgan fingerprint density at radius 2 is 1.74 bits per heavy atom. The van der Waals surface area contributed by atoms with E-state index in [0.717, 1.165) is 22.2 Å². The summed E-state index contributed by atoms with van der Waals surface area (Å²) in [6.45, 7) is 0.647. The third-order valence-corrected chi connectivity index (χ3v) is 4.75. The number of rotatable bonds is 8. The standard InChI is InChI=1S/C25H21NO5/c1-29-24-14-19(25(27)28)10-12-23(24)31-15-17-5-4-7-21(13-17)30-16-20-11-9-18-6-2-3-8-22(18)26-20/h2-14H,15-16H2,1H3,(H,27,28). The molecule has 1 aromatic heterocycles. The molecule has 0 unspecified atom stereocenters. The topological polar surface area (TPSA) is 77.9 Å². The van der Waals surface area contributed by atoms with Crippen molar-refractivity contribution in [2.75, 3.05) is 7.11 Å². The number of carboxylic acid groups (broad SMARTS) is 1. The number of aromatic nitrogens is 1. The van der Waals surface area contributed by atoms with Crippen molar-refractivity contribution in [2.45, 2.75) is 13.2 Å². The molecule has 6 nitrogen and oxygen atoms in total. The predicted octanol–water partition coefficient (Wildman–Crippen LogP) is 5.10. The molecule has 0 radical (unpaired) electrons. The maximum Gasteiger partial charge on any atom is 0.335 e. The van der Waals surface area contributed by atoms with Gasteiger partial charge in [0.25, 0.3) is 0 Å². The van der Waals surface area contributed by atoms with Crippen molar-refractivity contribution in [3.63, 3.8) is 0 Å². The maximum absolute atomic E-state index is 11.1. The Morgan fingerprint density at radius 1 is 0.871 bits per heavy atom. The fraction of sp³-hybridized carbons (Fsp3) is 0.120. The number of aromatic carboxylic acids is 1. The lowest BCUT2D eigenvalue weighted by atomic mass is 10.2. The van der Waals surface area contributed by atoms with E-state index in [9.17, 15) is 4.79 Å². The Hall–Kier alpha value is -4.06. The molecule has 4 aromatic rings. The summed E-state index contributed by atoms with van der Waals surface area (Å²) in [6.07, 6.45) is 0. The Bertz CT molecular complexity index is 1220. The normalized spacial score (nSPS) is 10.6. The van der Waals surface area contributed by atoms with E-state index in [1.54, 1.807) is 6.07 Å². The molecule has 3 aromatic carbocycles. The van der Waals surface area contributed by atoms with Crippen LogP contribution in [0.3, 0.4) is 0 Å². The minimum atomic E-state index is -1.02. The van der Waals surface area contributed by atoms with Gasteiger partial charge in [-0.2, -0.15) is 0 Å². The Morgan fingerprint density at radius 3 is 2.58 bits per heavy atom. The molecule has 0 amide bonds. The van der Waals surface area contributed by atoms with Crippen LogP contribution in [0.2, 0.25) is 0 Å². The lowest BCUT2D eigenvalue weighted by Gasteiger charge is -2.12. The second-order valence-corrected chi connectivity index (χ2v) is 6.89. The average molecular weight is 415 g/mol. The fourth-order valence-electron chi connectivity index (χ4n) is 3.15. The monoisotopic (exact) mass is 415 g/mol. The van der Waals surface area contributed by atoms with E-state index in [1.807, 2.05) is 60.7 Å². The van der Waals surface area contributed by atoms with Crippen LogP contribution in [-0.4, -0.2) is 23.2 Å². The zero-order chi connectivity index (χ0) is 21.6. The number of hydrogen-bond donors (Lipinski definition) is 1. The molecule has 1 heterocycles. The van der Waals surface area contributed by atoms with Crippen molar-refractivity contribution in [2.24, 2.45) is 0 Å². The number of para-hydroxylation sites is 1. The Labute approximate surface area is 179 Å². The highest BCUT2D eigenvalue weighted by Crippen LogP contribution is 2.29. The van der Waals surface area contributed by atoms with Crippen molar-refractivity contribution < 1.29 is 24.1 Å². The summed E-state index contributed by atoms with van der Waals surface area (Å²) in [7, 11) is 1.48. The first-order valence-electron chi connectivity index (χ1n) is 9.73. The smallest absolute Gasteiger partial charge is 0.335 e. The summed E-state index contributed by atoms with van der Waals surface area (Å²) in [6, 6.07) is 24.1. The largest absolute Gasteiger partial charge is 0.493 e. The first-order chi connectivity index (χ1) is 15.1. The highest BCUT2D eigenvalue weighted by atomic mass is 16.5. The minimum Gasteiger partial charge on any atom is -0.493 e. The zero-order valence-corrected chi connectivity index (χ0v) is 16.9. The molecular weight excluding hydrogens is 394 g/mol. The SMILES string of the molecule is COc1cc(C(=O)O)ccc1OCc1cccc(OCc2ccc3ccccc3n2)c1. The van der Waals surface area contributed by atoms with Gasteiger partial charge in [0.1, 0.15) is 19.0 Å². The fourth-order valence-corrected chi connectivity index (χ4v) is 3.15. The van der Waals surface area contributed by atoms with Gasteiger partial charge in [0.15, 0.2) is 11.5 Å². The van der Waals surface area contributed by atoms with Gasteiger partial charge in [-0.05, 0) is 48.0 Å². The van der Waals surface area contributed by atoms with Gasteiger partial charge in [0.2, 0.25) is 0 Å². The van der Waals surface area contributed by atoms with Crippen LogP contribution in [0.5, 0.6) is 17.2 Å². The van der Waals surface area contributed by atoms with E-state index in [4.69, 9.17) is 19.3 Å². The van der Waals surface area contributed by atoms with Crippen LogP contribution in [0.1, 0.15) is 21.6 Å². The number of pyridine rings is 1. The summed E-state index contributed by atoms with van der Waals surface area (Å²) >= 11 is 0. The highest BCUT2D eigenvalue weighted by Gasteiger charge is 2.10. The molecule has 1 N–H and O–H groups in total. The summed E-state index contributed by atoms with van der Waals surface area (Å²) in [5, 5.41) is 10.2. The van der Waals surface area contributed by atoms with Crippen LogP contribution < -0.4 is 14.2 Å². The van der Waals surface area contributed by atoms with E-state index in [1.165, 1.54) is 19.2 Å². The Kier molecular flexibility index (Phi) is 5.98. The number of fused-ring (bicyclic) bond motifs is 1. The van der Waals surface area contributed by atoms with Gasteiger partial charge >= 0.3 is 5.97 Å². The second kappa shape index (κ2) is 9.17. The van der Waals surface area contributed by atoms with Gasteiger partial charge in [-0.1, -0.05) is 36.4 Å². The van der Waals surface area contributed by atoms with Crippen LogP contribution in [0.25, 0.3) is 10.9 Å². The van der Waals surface area contributed by atoms with E-state index < -0.39 is 5.97 Å². The lowest BCUT2D eigenvalue weighted by molar-refractivity contribution is 0.0696. The molecule has 0 aliphatic heterocycles. The second-order valence-electron chi connectivity index (χ2n) is 6.89. The first kappa shape index (κ1) is 20.2. The number of ether oxygens (including phenoxy) is 3. The van der Waals surface area contributed by atoms with Crippen LogP contribution >= 0.6 is 0 Å². The van der Waals surface area contributed by atoms with Gasteiger partial charge in [0.05, 0.1) is 23.9 Å². The van der Waals surface area contributed by atoms with Crippen molar-refractivity contribution in [1.29, 1.82) is 0 Å². The number of carbonyl (C=O) groups is 1. The minimum absolute atomic E-state index is 0.141. The van der Waals surface area contributed by atoms with Crippen LogP contribution in [0.15, 0.2) is 78.9 Å². The molecule has 0 bridgehead atoms. The van der Waals surface area contributed by atoms with E-state index in [2.05, 4.69) is 4.98 Å². The lowest BCUT2D eigenvalue weighted by Crippen LogP contribution is -2.02. The molecule has 31 heavy (non-hydrogen) atoms. The van der Waals surface area contributed by atoms with Gasteiger partial charge in [-0.25, -0.2) is 9.78 Å². The van der Waals surface area contributed by atoms with Gasteiger partial charge < -0.3 is 19.3 Å². The molecule has 6 heteroatoms.